The number of unbranched alkanes of at least 4 members (excludes halogenated alkanes) is 3. The fraction of sp³-hybridized carbons (Fsp3) is 0.821. The van der Waals surface area contributed by atoms with Crippen molar-refractivity contribution in [1.29, 1.82) is 0 Å². The number of Topliss-reactive ketones (excluding diaryl/α,β-unsaturated/α-hetero) is 1. The molecule has 3 fully saturated rings. The van der Waals surface area contributed by atoms with E-state index in [2.05, 4.69) is 20.8 Å². The predicted octanol–water partition coefficient (Wildman–Crippen LogP) is 6.22. The van der Waals surface area contributed by atoms with Crippen LogP contribution in [0.4, 0.5) is 0 Å². The first kappa shape index (κ1) is 23.7. The zero-order valence-electron chi connectivity index (χ0n) is 20.6. The molecule has 0 aromatic heterocycles. The molecular formula is C28H42O4. The van der Waals surface area contributed by atoms with Crippen molar-refractivity contribution >= 4 is 17.5 Å². The van der Waals surface area contributed by atoms with Crippen molar-refractivity contribution in [1.82, 2.24) is 0 Å². The molecule has 0 spiro atoms. The van der Waals surface area contributed by atoms with Gasteiger partial charge in [0.1, 0.15) is 5.78 Å². The Bertz CT molecular complexity index is 797. The van der Waals surface area contributed by atoms with Crippen LogP contribution in [0.2, 0.25) is 0 Å². The lowest BCUT2D eigenvalue weighted by atomic mass is 9.46. The highest BCUT2D eigenvalue weighted by atomic mass is 16.5. The second-order valence-corrected chi connectivity index (χ2v) is 11.7. The van der Waals surface area contributed by atoms with Crippen LogP contribution in [-0.4, -0.2) is 23.6 Å². The minimum atomic E-state index is -0.622. The number of carbonyl (C=O) groups excluding carboxylic acids is 3. The lowest BCUT2D eigenvalue weighted by Crippen LogP contribution is -2.53. The molecule has 32 heavy (non-hydrogen) atoms. The summed E-state index contributed by atoms with van der Waals surface area (Å²) in [6.45, 7) is 8.63. The smallest absolute Gasteiger partial charge is 0.306 e. The maximum Gasteiger partial charge on any atom is 0.306 e. The Hall–Kier alpha value is -1.45. The van der Waals surface area contributed by atoms with E-state index in [1.54, 1.807) is 6.92 Å². The van der Waals surface area contributed by atoms with Gasteiger partial charge >= 0.3 is 5.97 Å². The molecule has 0 saturated heterocycles. The summed E-state index contributed by atoms with van der Waals surface area (Å²) in [5.74, 6) is 2.08. The molecule has 7 atom stereocenters. The van der Waals surface area contributed by atoms with Crippen molar-refractivity contribution in [3.05, 3.63) is 11.6 Å². The number of hydrogen-bond acceptors (Lipinski definition) is 4. The minimum absolute atomic E-state index is 0.0176. The van der Waals surface area contributed by atoms with E-state index in [0.717, 1.165) is 64.2 Å². The average Bonchev–Trinajstić information content (AvgIpc) is 3.10. The molecule has 4 rings (SSSR count). The lowest BCUT2D eigenvalue weighted by molar-refractivity contribution is -0.158. The van der Waals surface area contributed by atoms with Crippen LogP contribution in [0, 0.1) is 34.5 Å². The molecule has 0 amide bonds. The molecule has 4 aliphatic carbocycles. The number of hydrogen-bond donors (Lipinski definition) is 0. The molecule has 0 aliphatic heterocycles. The zero-order valence-corrected chi connectivity index (χ0v) is 20.6. The Kier molecular flexibility index (Phi) is 6.71. The summed E-state index contributed by atoms with van der Waals surface area (Å²) in [6.07, 6.45) is 12.9. The van der Waals surface area contributed by atoms with Crippen LogP contribution in [0.1, 0.15) is 105 Å². The first-order valence-electron chi connectivity index (χ1n) is 13.2. The van der Waals surface area contributed by atoms with E-state index < -0.39 is 6.10 Å². The summed E-state index contributed by atoms with van der Waals surface area (Å²) in [5.41, 5.74) is 1.35. The van der Waals surface area contributed by atoms with Crippen LogP contribution < -0.4 is 0 Å². The number of allylic oxidation sites excluding steroid dienone is 1. The first-order valence-corrected chi connectivity index (χ1v) is 13.2. The van der Waals surface area contributed by atoms with Crippen LogP contribution in [0.15, 0.2) is 11.6 Å². The van der Waals surface area contributed by atoms with Crippen LogP contribution in [0.5, 0.6) is 0 Å². The third-order valence-corrected chi connectivity index (χ3v) is 9.98. The number of esters is 1. The Balaban J connectivity index is 1.48. The summed E-state index contributed by atoms with van der Waals surface area (Å²) < 4.78 is 5.76. The quantitative estimate of drug-likeness (QED) is 0.347. The number of rotatable bonds is 7. The molecule has 1 unspecified atom stereocenters. The summed E-state index contributed by atoms with van der Waals surface area (Å²) in [4.78, 5) is 37.6. The fourth-order valence-electron chi connectivity index (χ4n) is 8.28. The van der Waals surface area contributed by atoms with Gasteiger partial charge in [-0.05, 0) is 86.5 Å². The zero-order chi connectivity index (χ0) is 23.1. The van der Waals surface area contributed by atoms with Gasteiger partial charge < -0.3 is 4.74 Å². The number of fused-ring (bicyclic) bond motifs is 5. The van der Waals surface area contributed by atoms with E-state index in [4.69, 9.17) is 4.74 Å². The van der Waals surface area contributed by atoms with Gasteiger partial charge in [-0.2, -0.15) is 0 Å². The highest BCUT2D eigenvalue weighted by Crippen LogP contribution is 2.66. The highest BCUT2D eigenvalue weighted by Gasteiger charge is 2.60. The molecule has 0 heterocycles. The van der Waals surface area contributed by atoms with E-state index in [1.165, 1.54) is 5.57 Å². The van der Waals surface area contributed by atoms with Crippen LogP contribution >= 0.6 is 0 Å². The molecular weight excluding hydrogens is 400 g/mol. The number of ether oxygens (including phenoxy) is 1. The monoisotopic (exact) mass is 442 g/mol. The van der Waals surface area contributed by atoms with Crippen LogP contribution in [-0.2, 0) is 19.1 Å². The van der Waals surface area contributed by atoms with Crippen molar-refractivity contribution in [3.63, 3.8) is 0 Å². The SMILES string of the molecule is CCCCCCC(=O)OC1C[C@@]2(C)C(=CC1=O)CC[C@H]1[C@@H]3CC[C@H](C(C)=O)[C@@]3(C)CC[C@@H]12. The van der Waals surface area contributed by atoms with Crippen molar-refractivity contribution in [2.75, 3.05) is 0 Å². The van der Waals surface area contributed by atoms with Gasteiger partial charge in [-0.25, -0.2) is 0 Å². The molecule has 0 aromatic carbocycles. The molecule has 0 aromatic rings. The van der Waals surface area contributed by atoms with Gasteiger partial charge in [-0.3, -0.25) is 14.4 Å². The van der Waals surface area contributed by atoms with E-state index in [9.17, 15) is 14.4 Å². The van der Waals surface area contributed by atoms with Gasteiger partial charge in [0.15, 0.2) is 11.9 Å². The first-order chi connectivity index (χ1) is 15.2. The standard InChI is InChI=1S/C28H42O4/c1-5-6-7-8-9-26(31)32-25-17-28(4)19(16-24(25)30)10-11-20-22-13-12-21(18(2)29)27(22,3)15-14-23(20)28/h16,20-23,25H,5-15,17H2,1-4H3/t20-,21+,22-,23-,25?,27+,28-/m0/s1. The third-order valence-electron chi connectivity index (χ3n) is 9.98. The summed E-state index contributed by atoms with van der Waals surface area (Å²) in [5, 5.41) is 0. The maximum absolute atomic E-state index is 12.8. The van der Waals surface area contributed by atoms with Gasteiger partial charge in [0, 0.05) is 18.8 Å². The Morgan fingerprint density at radius 3 is 2.56 bits per heavy atom. The normalized spacial score (nSPS) is 40.7. The molecule has 178 valence electrons. The Morgan fingerprint density at radius 2 is 1.84 bits per heavy atom. The second-order valence-electron chi connectivity index (χ2n) is 11.7. The molecule has 0 bridgehead atoms. The number of carbonyl (C=O) groups is 3. The number of ketones is 2. The highest BCUT2D eigenvalue weighted by molar-refractivity contribution is 5.96. The molecule has 0 radical (unpaired) electrons. The predicted molar refractivity (Wildman–Crippen MR) is 125 cm³/mol. The van der Waals surface area contributed by atoms with Crippen molar-refractivity contribution < 1.29 is 19.1 Å². The molecule has 4 aliphatic rings. The van der Waals surface area contributed by atoms with Gasteiger partial charge in [-0.15, -0.1) is 0 Å². The summed E-state index contributed by atoms with van der Waals surface area (Å²) in [6, 6.07) is 0. The van der Waals surface area contributed by atoms with Crippen molar-refractivity contribution in [3.8, 4) is 0 Å². The maximum atomic E-state index is 12.8. The topological polar surface area (TPSA) is 60.4 Å². The van der Waals surface area contributed by atoms with Gasteiger partial charge in [0.2, 0.25) is 0 Å². The van der Waals surface area contributed by atoms with E-state index in [1.807, 2.05) is 6.08 Å². The Labute approximate surface area is 193 Å². The Morgan fingerprint density at radius 1 is 1.06 bits per heavy atom. The molecule has 4 nitrogen and oxygen atoms in total. The summed E-state index contributed by atoms with van der Waals surface area (Å²) >= 11 is 0. The lowest BCUT2D eigenvalue weighted by Gasteiger charge is -2.58. The van der Waals surface area contributed by atoms with Gasteiger partial charge in [0.05, 0.1) is 0 Å². The fourth-order valence-corrected chi connectivity index (χ4v) is 8.28. The van der Waals surface area contributed by atoms with E-state index >= 15 is 0 Å². The van der Waals surface area contributed by atoms with Crippen LogP contribution in [0.3, 0.4) is 0 Å². The average molecular weight is 443 g/mol. The van der Waals surface area contributed by atoms with E-state index in [0.29, 0.717) is 36.4 Å². The third kappa shape index (κ3) is 4.01. The van der Waals surface area contributed by atoms with Gasteiger partial charge in [-0.1, -0.05) is 45.6 Å². The molecule has 0 N–H and O–H groups in total. The second kappa shape index (κ2) is 9.06. The van der Waals surface area contributed by atoms with Gasteiger partial charge in [0.25, 0.3) is 0 Å². The largest absolute Gasteiger partial charge is 0.454 e. The molecule has 3 saturated carbocycles. The van der Waals surface area contributed by atoms with Crippen molar-refractivity contribution in [2.24, 2.45) is 34.5 Å². The van der Waals surface area contributed by atoms with Crippen LogP contribution in [0.25, 0.3) is 0 Å². The van der Waals surface area contributed by atoms with E-state index in [-0.39, 0.29) is 28.5 Å². The molecule has 4 heteroatoms. The van der Waals surface area contributed by atoms with Crippen molar-refractivity contribution in [2.45, 2.75) is 111 Å². The summed E-state index contributed by atoms with van der Waals surface area (Å²) in [7, 11) is 0. The minimum Gasteiger partial charge on any atom is -0.454 e.